The molecule has 0 bridgehead atoms. The number of nitrogens with one attached hydrogen (secondary N) is 1. The molecule has 0 aliphatic rings. The number of carbonyl (C=O) groups excluding carboxylic acids is 1. The summed E-state index contributed by atoms with van der Waals surface area (Å²) < 4.78 is 11.2. The van der Waals surface area contributed by atoms with E-state index in [4.69, 9.17) is 9.47 Å². The van der Waals surface area contributed by atoms with E-state index >= 15 is 0 Å². The molecule has 2 N–H and O–H groups in total. The number of carboxylic acid groups (broad SMARTS) is 1. The summed E-state index contributed by atoms with van der Waals surface area (Å²) >= 11 is 0. The van der Waals surface area contributed by atoms with Crippen LogP contribution < -0.4 is 14.8 Å². The number of aromatic nitrogens is 1. The Hall–Kier alpha value is -4.07. The Morgan fingerprint density at radius 2 is 1.71 bits per heavy atom. The van der Waals surface area contributed by atoms with Gasteiger partial charge in [0.05, 0.1) is 6.54 Å². The number of amides is 1. The lowest BCUT2D eigenvalue weighted by atomic mass is 10.2. The maximum atomic E-state index is 12.7. The number of pyridine rings is 1. The lowest BCUT2D eigenvalue weighted by Crippen LogP contribution is -2.44. The SMILES string of the molecule is Cc1ccc(OC(=O)N(Cc2ccc(OCCNc3ncccc3C)cc2)[C@@H](C)C(=O)O)cc1. The molecular formula is C26H29N3O5. The average Bonchev–Trinajstić information content (AvgIpc) is 2.83. The third kappa shape index (κ3) is 6.96. The van der Waals surface area contributed by atoms with Crippen LogP contribution in [0.25, 0.3) is 0 Å². The van der Waals surface area contributed by atoms with Crippen molar-refractivity contribution in [3.05, 3.63) is 83.6 Å². The van der Waals surface area contributed by atoms with Crippen LogP contribution in [0, 0.1) is 13.8 Å². The Balaban J connectivity index is 1.57. The van der Waals surface area contributed by atoms with E-state index in [1.165, 1.54) is 11.8 Å². The highest BCUT2D eigenvalue weighted by molar-refractivity contribution is 5.80. The standard InChI is InChI=1S/C26H29N3O5/c1-18-6-10-23(11-7-18)34-26(32)29(20(3)25(30)31)17-21-8-12-22(13-9-21)33-16-15-28-24-19(2)5-4-14-27-24/h4-14,20H,15-17H2,1-3H3,(H,27,28)(H,30,31)/t20-/m0/s1. The van der Waals surface area contributed by atoms with Crippen molar-refractivity contribution in [3.63, 3.8) is 0 Å². The fourth-order valence-corrected chi connectivity index (χ4v) is 3.16. The first-order valence-corrected chi connectivity index (χ1v) is 11.0. The van der Waals surface area contributed by atoms with E-state index in [0.717, 1.165) is 22.5 Å². The molecule has 8 nitrogen and oxygen atoms in total. The third-order valence-corrected chi connectivity index (χ3v) is 5.23. The first-order chi connectivity index (χ1) is 16.3. The van der Waals surface area contributed by atoms with Gasteiger partial charge in [0, 0.05) is 12.7 Å². The molecule has 0 saturated heterocycles. The number of hydrogen-bond acceptors (Lipinski definition) is 6. The quantitative estimate of drug-likeness (QED) is 0.422. The molecule has 0 spiro atoms. The topological polar surface area (TPSA) is 101 Å². The summed E-state index contributed by atoms with van der Waals surface area (Å²) in [7, 11) is 0. The molecule has 0 fully saturated rings. The maximum Gasteiger partial charge on any atom is 0.416 e. The van der Waals surface area contributed by atoms with Gasteiger partial charge >= 0.3 is 12.1 Å². The summed E-state index contributed by atoms with van der Waals surface area (Å²) in [5.74, 6) is 0.739. The number of aliphatic carboxylic acids is 1. The van der Waals surface area contributed by atoms with E-state index in [9.17, 15) is 14.7 Å². The molecule has 3 aromatic rings. The molecule has 178 valence electrons. The van der Waals surface area contributed by atoms with Gasteiger partial charge in [-0.1, -0.05) is 35.9 Å². The van der Waals surface area contributed by atoms with E-state index < -0.39 is 18.1 Å². The van der Waals surface area contributed by atoms with E-state index in [-0.39, 0.29) is 6.54 Å². The van der Waals surface area contributed by atoms with Crippen LogP contribution in [0.2, 0.25) is 0 Å². The van der Waals surface area contributed by atoms with Gasteiger partial charge in [-0.2, -0.15) is 0 Å². The van der Waals surface area contributed by atoms with Gasteiger partial charge in [-0.15, -0.1) is 0 Å². The Bertz CT molecular complexity index is 1100. The second kappa shape index (κ2) is 11.7. The largest absolute Gasteiger partial charge is 0.492 e. The molecule has 1 amide bonds. The van der Waals surface area contributed by atoms with E-state index in [0.29, 0.717) is 24.7 Å². The second-order valence-electron chi connectivity index (χ2n) is 7.91. The molecule has 0 aliphatic carbocycles. The van der Waals surface area contributed by atoms with Crippen molar-refractivity contribution in [3.8, 4) is 11.5 Å². The maximum absolute atomic E-state index is 12.7. The van der Waals surface area contributed by atoms with Gasteiger partial charge in [0.1, 0.15) is 30.0 Å². The highest BCUT2D eigenvalue weighted by Gasteiger charge is 2.27. The molecule has 34 heavy (non-hydrogen) atoms. The molecule has 1 aromatic heterocycles. The van der Waals surface area contributed by atoms with Crippen LogP contribution in [0.3, 0.4) is 0 Å². The second-order valence-corrected chi connectivity index (χ2v) is 7.91. The summed E-state index contributed by atoms with van der Waals surface area (Å²) in [5, 5.41) is 12.7. The zero-order valence-corrected chi connectivity index (χ0v) is 19.5. The third-order valence-electron chi connectivity index (χ3n) is 5.23. The fourth-order valence-electron chi connectivity index (χ4n) is 3.16. The minimum absolute atomic E-state index is 0.0823. The van der Waals surface area contributed by atoms with Crippen LogP contribution >= 0.6 is 0 Å². The number of aryl methyl sites for hydroxylation is 2. The Morgan fingerprint density at radius 3 is 2.35 bits per heavy atom. The molecule has 3 rings (SSSR count). The number of ether oxygens (including phenoxy) is 2. The van der Waals surface area contributed by atoms with Crippen LogP contribution in [0.1, 0.15) is 23.6 Å². The van der Waals surface area contributed by atoms with Gasteiger partial charge in [0.25, 0.3) is 0 Å². The summed E-state index contributed by atoms with van der Waals surface area (Å²) in [6, 6.07) is 17.0. The number of carboxylic acids is 1. The molecule has 1 heterocycles. The van der Waals surface area contributed by atoms with Crippen LogP contribution in [0.5, 0.6) is 11.5 Å². The summed E-state index contributed by atoms with van der Waals surface area (Å²) in [6.07, 6.45) is 1.01. The number of anilines is 1. The molecule has 0 aliphatic heterocycles. The highest BCUT2D eigenvalue weighted by Crippen LogP contribution is 2.18. The number of carbonyl (C=O) groups is 2. The minimum Gasteiger partial charge on any atom is -0.492 e. The molecule has 0 radical (unpaired) electrons. The van der Waals surface area contributed by atoms with Gasteiger partial charge in [0.2, 0.25) is 0 Å². The van der Waals surface area contributed by atoms with Crippen molar-refractivity contribution < 1.29 is 24.2 Å². The Kier molecular flexibility index (Phi) is 8.45. The predicted molar refractivity (Wildman–Crippen MR) is 129 cm³/mol. The van der Waals surface area contributed by atoms with Crippen molar-refractivity contribution in [2.75, 3.05) is 18.5 Å². The van der Waals surface area contributed by atoms with Crippen LogP contribution in [0.4, 0.5) is 10.6 Å². The Morgan fingerprint density at radius 1 is 1.03 bits per heavy atom. The van der Waals surface area contributed by atoms with E-state index in [1.807, 2.05) is 38.1 Å². The first kappa shape index (κ1) is 24.6. The van der Waals surface area contributed by atoms with Crippen molar-refractivity contribution in [1.82, 2.24) is 9.88 Å². The van der Waals surface area contributed by atoms with Gasteiger partial charge in [-0.25, -0.2) is 14.6 Å². The van der Waals surface area contributed by atoms with Crippen molar-refractivity contribution in [1.29, 1.82) is 0 Å². The normalized spacial score (nSPS) is 11.4. The number of hydrogen-bond donors (Lipinski definition) is 2. The van der Waals surface area contributed by atoms with Crippen LogP contribution in [0.15, 0.2) is 66.9 Å². The van der Waals surface area contributed by atoms with Gasteiger partial charge in [-0.05, 0) is 62.2 Å². The monoisotopic (exact) mass is 463 g/mol. The fraction of sp³-hybridized carbons (Fsp3) is 0.269. The predicted octanol–water partition coefficient (Wildman–Crippen LogP) is 4.66. The smallest absolute Gasteiger partial charge is 0.416 e. The number of rotatable bonds is 10. The molecular weight excluding hydrogens is 434 g/mol. The van der Waals surface area contributed by atoms with Crippen LogP contribution in [-0.4, -0.2) is 46.2 Å². The highest BCUT2D eigenvalue weighted by atomic mass is 16.6. The van der Waals surface area contributed by atoms with E-state index in [2.05, 4.69) is 10.3 Å². The molecule has 0 saturated carbocycles. The summed E-state index contributed by atoms with van der Waals surface area (Å²) in [4.78, 5) is 29.8. The van der Waals surface area contributed by atoms with Crippen molar-refractivity contribution in [2.24, 2.45) is 0 Å². The van der Waals surface area contributed by atoms with Crippen LogP contribution in [-0.2, 0) is 11.3 Å². The minimum atomic E-state index is -1.11. The zero-order chi connectivity index (χ0) is 24.5. The zero-order valence-electron chi connectivity index (χ0n) is 19.5. The van der Waals surface area contributed by atoms with E-state index in [1.54, 1.807) is 42.6 Å². The average molecular weight is 464 g/mol. The van der Waals surface area contributed by atoms with Gasteiger partial charge in [0.15, 0.2) is 0 Å². The Labute approximate surface area is 199 Å². The molecule has 0 unspecified atom stereocenters. The summed E-state index contributed by atoms with van der Waals surface area (Å²) in [5.41, 5.74) is 2.84. The molecule has 8 heteroatoms. The lowest BCUT2D eigenvalue weighted by Gasteiger charge is -2.26. The molecule has 1 atom stereocenters. The van der Waals surface area contributed by atoms with Crippen molar-refractivity contribution >= 4 is 17.9 Å². The first-order valence-electron chi connectivity index (χ1n) is 11.0. The summed E-state index contributed by atoms with van der Waals surface area (Å²) in [6.45, 7) is 6.48. The number of nitrogens with zero attached hydrogens (tertiary/aromatic N) is 2. The lowest BCUT2D eigenvalue weighted by molar-refractivity contribution is -0.142. The van der Waals surface area contributed by atoms with Gasteiger partial charge in [-0.3, -0.25) is 4.90 Å². The van der Waals surface area contributed by atoms with Gasteiger partial charge < -0.3 is 19.9 Å². The van der Waals surface area contributed by atoms with Crippen molar-refractivity contribution in [2.45, 2.75) is 33.4 Å². The molecule has 2 aromatic carbocycles. The number of benzene rings is 2.